The molecule has 0 bridgehead atoms. The van der Waals surface area contributed by atoms with E-state index in [-0.39, 0.29) is 12.7 Å². The van der Waals surface area contributed by atoms with E-state index in [0.29, 0.717) is 5.92 Å². The van der Waals surface area contributed by atoms with Gasteiger partial charge in [0.2, 0.25) is 0 Å². The zero-order chi connectivity index (χ0) is 8.81. The van der Waals surface area contributed by atoms with Crippen LogP contribution < -0.4 is 5.32 Å². The van der Waals surface area contributed by atoms with Gasteiger partial charge in [0, 0.05) is 13.2 Å². The summed E-state index contributed by atoms with van der Waals surface area (Å²) >= 11 is 0. The average Bonchev–Trinajstić information content (AvgIpc) is 2.86. The minimum absolute atomic E-state index is 0.140. The summed E-state index contributed by atoms with van der Waals surface area (Å²) in [6, 6.07) is 0. The lowest BCUT2D eigenvalue weighted by molar-refractivity contribution is 0.148. The minimum Gasteiger partial charge on any atom is -0.396 e. The smallest absolute Gasteiger partial charge is 0.0692 e. The Morgan fingerprint density at radius 1 is 1.33 bits per heavy atom. The Morgan fingerprint density at radius 2 is 2.08 bits per heavy atom. The van der Waals surface area contributed by atoms with E-state index < -0.39 is 0 Å². The number of hydrogen-bond donors (Lipinski definition) is 3. The molecule has 0 amide bonds. The molecule has 0 spiro atoms. The maximum absolute atomic E-state index is 9.43. The standard InChI is InChI=1S/C9H19NO2/c11-6-2-1-5-10-7-9(12)8-3-4-8/h8-12H,1-7H2. The summed E-state index contributed by atoms with van der Waals surface area (Å²) in [4.78, 5) is 0. The molecule has 3 heteroatoms. The van der Waals surface area contributed by atoms with Crippen molar-refractivity contribution in [1.29, 1.82) is 0 Å². The fourth-order valence-electron chi connectivity index (χ4n) is 1.26. The molecule has 0 aromatic rings. The minimum atomic E-state index is -0.140. The van der Waals surface area contributed by atoms with Gasteiger partial charge in [0.15, 0.2) is 0 Å². The van der Waals surface area contributed by atoms with E-state index >= 15 is 0 Å². The van der Waals surface area contributed by atoms with Gasteiger partial charge in [0.1, 0.15) is 0 Å². The number of aliphatic hydroxyl groups is 2. The van der Waals surface area contributed by atoms with Crippen LogP contribution in [0.15, 0.2) is 0 Å². The van der Waals surface area contributed by atoms with Crippen LogP contribution in [0.1, 0.15) is 25.7 Å². The van der Waals surface area contributed by atoms with Crippen LogP contribution in [0.4, 0.5) is 0 Å². The van der Waals surface area contributed by atoms with Crippen LogP contribution in [-0.2, 0) is 0 Å². The highest BCUT2D eigenvalue weighted by Crippen LogP contribution is 2.32. The molecule has 0 aromatic carbocycles. The zero-order valence-electron chi connectivity index (χ0n) is 7.50. The van der Waals surface area contributed by atoms with Gasteiger partial charge in [-0.3, -0.25) is 0 Å². The molecule has 0 aliphatic heterocycles. The summed E-state index contributed by atoms with van der Waals surface area (Å²) in [5, 5.41) is 21.1. The Kier molecular flexibility index (Phi) is 4.58. The van der Waals surface area contributed by atoms with E-state index in [0.717, 1.165) is 25.9 Å². The highest BCUT2D eigenvalue weighted by molar-refractivity contribution is 4.81. The van der Waals surface area contributed by atoms with Crippen molar-refractivity contribution in [3.63, 3.8) is 0 Å². The summed E-state index contributed by atoms with van der Waals surface area (Å²) in [6.07, 6.45) is 4.10. The first-order valence-electron chi connectivity index (χ1n) is 4.84. The molecule has 0 saturated heterocycles. The first-order chi connectivity index (χ1) is 5.84. The monoisotopic (exact) mass is 173 g/mol. The van der Waals surface area contributed by atoms with E-state index in [9.17, 15) is 5.11 Å². The van der Waals surface area contributed by atoms with Crippen molar-refractivity contribution in [2.75, 3.05) is 19.7 Å². The normalized spacial score (nSPS) is 19.5. The van der Waals surface area contributed by atoms with Crippen molar-refractivity contribution in [3.8, 4) is 0 Å². The molecule has 1 saturated carbocycles. The van der Waals surface area contributed by atoms with Crippen molar-refractivity contribution < 1.29 is 10.2 Å². The molecule has 12 heavy (non-hydrogen) atoms. The first-order valence-corrected chi connectivity index (χ1v) is 4.84. The van der Waals surface area contributed by atoms with Crippen molar-refractivity contribution in [1.82, 2.24) is 5.32 Å². The third kappa shape index (κ3) is 4.04. The lowest BCUT2D eigenvalue weighted by atomic mass is 10.2. The van der Waals surface area contributed by atoms with E-state index in [1.54, 1.807) is 0 Å². The van der Waals surface area contributed by atoms with Crippen LogP contribution in [0.2, 0.25) is 0 Å². The van der Waals surface area contributed by atoms with Gasteiger partial charge in [-0.2, -0.15) is 0 Å². The van der Waals surface area contributed by atoms with Gasteiger partial charge in [0.25, 0.3) is 0 Å². The van der Waals surface area contributed by atoms with Gasteiger partial charge in [-0.25, -0.2) is 0 Å². The third-order valence-corrected chi connectivity index (χ3v) is 2.28. The van der Waals surface area contributed by atoms with Gasteiger partial charge >= 0.3 is 0 Å². The predicted molar refractivity (Wildman–Crippen MR) is 47.9 cm³/mol. The first kappa shape index (κ1) is 9.96. The second kappa shape index (κ2) is 5.51. The Hall–Kier alpha value is -0.120. The van der Waals surface area contributed by atoms with Crippen LogP contribution >= 0.6 is 0 Å². The summed E-state index contributed by atoms with van der Waals surface area (Å²) in [7, 11) is 0. The maximum atomic E-state index is 9.43. The summed E-state index contributed by atoms with van der Waals surface area (Å²) in [5.41, 5.74) is 0. The number of aliphatic hydroxyl groups excluding tert-OH is 2. The number of nitrogens with one attached hydrogen (secondary N) is 1. The Morgan fingerprint density at radius 3 is 2.67 bits per heavy atom. The molecule has 72 valence electrons. The van der Waals surface area contributed by atoms with Crippen LogP contribution in [0, 0.1) is 5.92 Å². The summed E-state index contributed by atoms with van der Waals surface area (Å²) in [5.74, 6) is 0.565. The Bertz CT molecular complexity index is 115. The van der Waals surface area contributed by atoms with E-state index in [4.69, 9.17) is 5.11 Å². The Labute approximate surface area is 73.8 Å². The third-order valence-electron chi connectivity index (χ3n) is 2.28. The highest BCUT2D eigenvalue weighted by atomic mass is 16.3. The maximum Gasteiger partial charge on any atom is 0.0692 e. The molecule has 1 rings (SSSR count). The molecular formula is C9H19NO2. The molecule has 1 aliphatic carbocycles. The highest BCUT2D eigenvalue weighted by Gasteiger charge is 2.28. The van der Waals surface area contributed by atoms with E-state index in [2.05, 4.69) is 5.32 Å². The van der Waals surface area contributed by atoms with Gasteiger partial charge in [0.05, 0.1) is 6.10 Å². The molecule has 0 heterocycles. The number of hydrogen-bond acceptors (Lipinski definition) is 3. The second-order valence-corrected chi connectivity index (χ2v) is 3.54. The molecule has 1 fully saturated rings. The average molecular weight is 173 g/mol. The summed E-state index contributed by atoms with van der Waals surface area (Å²) in [6.45, 7) is 1.90. The Balaban J connectivity index is 1.81. The van der Waals surface area contributed by atoms with Gasteiger partial charge in [-0.05, 0) is 38.1 Å². The van der Waals surface area contributed by atoms with Crippen molar-refractivity contribution in [3.05, 3.63) is 0 Å². The van der Waals surface area contributed by atoms with Crippen molar-refractivity contribution in [2.45, 2.75) is 31.8 Å². The van der Waals surface area contributed by atoms with Gasteiger partial charge < -0.3 is 15.5 Å². The fraction of sp³-hybridized carbons (Fsp3) is 1.00. The summed E-state index contributed by atoms with van der Waals surface area (Å²) < 4.78 is 0. The fourth-order valence-corrected chi connectivity index (χ4v) is 1.26. The topological polar surface area (TPSA) is 52.5 Å². The quantitative estimate of drug-likeness (QED) is 0.479. The number of unbranched alkanes of at least 4 members (excludes halogenated alkanes) is 1. The molecule has 3 nitrogen and oxygen atoms in total. The largest absolute Gasteiger partial charge is 0.396 e. The van der Waals surface area contributed by atoms with Crippen molar-refractivity contribution in [2.24, 2.45) is 5.92 Å². The molecule has 1 unspecified atom stereocenters. The van der Waals surface area contributed by atoms with Crippen LogP contribution in [0.5, 0.6) is 0 Å². The van der Waals surface area contributed by atoms with Crippen molar-refractivity contribution >= 4 is 0 Å². The van der Waals surface area contributed by atoms with Gasteiger partial charge in [-0.15, -0.1) is 0 Å². The molecular weight excluding hydrogens is 154 g/mol. The SMILES string of the molecule is OCCCCNCC(O)C1CC1. The van der Waals surface area contributed by atoms with E-state index in [1.165, 1.54) is 12.8 Å². The molecule has 1 atom stereocenters. The molecule has 0 aromatic heterocycles. The van der Waals surface area contributed by atoms with Crippen LogP contribution in [0.3, 0.4) is 0 Å². The molecule has 0 radical (unpaired) electrons. The van der Waals surface area contributed by atoms with Crippen LogP contribution in [0.25, 0.3) is 0 Å². The van der Waals surface area contributed by atoms with Crippen LogP contribution in [-0.4, -0.2) is 36.0 Å². The molecule has 1 aliphatic rings. The lowest BCUT2D eigenvalue weighted by Gasteiger charge is -2.09. The lowest BCUT2D eigenvalue weighted by Crippen LogP contribution is -2.28. The molecule has 3 N–H and O–H groups in total. The number of rotatable bonds is 7. The second-order valence-electron chi connectivity index (χ2n) is 3.54. The predicted octanol–water partition coefficient (Wildman–Crippen LogP) is 0.119. The zero-order valence-corrected chi connectivity index (χ0v) is 7.50. The van der Waals surface area contributed by atoms with Gasteiger partial charge in [-0.1, -0.05) is 0 Å². The van der Waals surface area contributed by atoms with E-state index in [1.807, 2.05) is 0 Å².